The fourth-order valence-electron chi connectivity index (χ4n) is 8.15. The summed E-state index contributed by atoms with van der Waals surface area (Å²) in [5.41, 5.74) is 5.84. The molecule has 0 amide bonds. The minimum Gasteiger partial charge on any atom is -0.349 e. The molecular weight excluding hydrogens is 533 g/mol. The van der Waals surface area contributed by atoms with Crippen LogP contribution in [0.4, 0.5) is 13.2 Å². The molecule has 2 saturated carbocycles. The van der Waals surface area contributed by atoms with Crippen molar-refractivity contribution in [1.29, 1.82) is 0 Å². The number of nitrogens with one attached hydrogen (secondary N) is 2. The third kappa shape index (κ3) is 5.27. The van der Waals surface area contributed by atoms with Gasteiger partial charge in [0.2, 0.25) is 0 Å². The standard InChI is InChI=1S/C30H45F3N6O2/c1-20-7-5-12-37(16-20)30(40,41)23-14-25(29(31,32)33)26-18-38(21(2)39(26)17-23)24-9-4-8-22(13-24)28(10-6-11-28)15-27-35-34-19-36(27)3/h14,17-18,20,22,24,27,34-35,40-41H,2,4-13,15-16,19H2,1,3H3. The Morgan fingerprint density at radius 1 is 1.10 bits per heavy atom. The number of hydrazine groups is 1. The normalized spacial score (nSPS) is 33.3. The van der Waals surface area contributed by atoms with Gasteiger partial charge in [-0.1, -0.05) is 26.3 Å². The first kappa shape index (κ1) is 29.2. The van der Waals surface area contributed by atoms with Crippen LogP contribution in [0.5, 0.6) is 0 Å². The van der Waals surface area contributed by atoms with Gasteiger partial charge in [-0.05, 0) is 81.7 Å². The lowest BCUT2D eigenvalue weighted by Crippen LogP contribution is -2.54. The summed E-state index contributed by atoms with van der Waals surface area (Å²) in [7, 11) is 2.12. The quantitative estimate of drug-likeness (QED) is 0.351. The summed E-state index contributed by atoms with van der Waals surface area (Å²) in [5.74, 6) is -1.34. The predicted octanol–water partition coefficient (Wildman–Crippen LogP) is 4.12. The zero-order valence-corrected chi connectivity index (χ0v) is 24.3. The third-order valence-corrected chi connectivity index (χ3v) is 10.7. The van der Waals surface area contributed by atoms with Gasteiger partial charge in [-0.2, -0.15) is 13.2 Å². The zero-order valence-electron chi connectivity index (χ0n) is 24.3. The van der Waals surface area contributed by atoms with Crippen LogP contribution in [0.3, 0.4) is 0 Å². The Hall–Kier alpha value is -1.89. The van der Waals surface area contributed by atoms with E-state index < -0.39 is 17.7 Å². The van der Waals surface area contributed by atoms with Crippen LogP contribution in [-0.2, 0) is 0 Å². The Morgan fingerprint density at radius 3 is 2.51 bits per heavy atom. The molecule has 4 fully saturated rings. The maximum Gasteiger partial charge on any atom is 0.418 e. The van der Waals surface area contributed by atoms with E-state index in [9.17, 15) is 23.4 Å². The van der Waals surface area contributed by atoms with Crippen molar-refractivity contribution >= 4 is 0 Å². The number of fused-ring (bicyclic) bond motifs is 1. The van der Waals surface area contributed by atoms with Gasteiger partial charge in [0.25, 0.3) is 5.91 Å². The molecule has 0 aromatic heterocycles. The second-order valence-electron chi connectivity index (χ2n) is 13.4. The van der Waals surface area contributed by atoms with E-state index in [1.807, 2.05) is 11.8 Å². The van der Waals surface area contributed by atoms with Crippen LogP contribution < -0.4 is 10.9 Å². The van der Waals surface area contributed by atoms with Crippen LogP contribution in [0.15, 0.2) is 47.7 Å². The molecule has 8 nitrogen and oxygen atoms in total. The molecule has 4 unspecified atom stereocenters. The highest BCUT2D eigenvalue weighted by molar-refractivity contribution is 5.50. The molecule has 4 atom stereocenters. The minimum absolute atomic E-state index is 0.00241. The van der Waals surface area contributed by atoms with Gasteiger partial charge >= 0.3 is 6.18 Å². The molecule has 2 aliphatic carbocycles. The van der Waals surface area contributed by atoms with E-state index in [2.05, 4.69) is 29.4 Å². The van der Waals surface area contributed by atoms with Gasteiger partial charge < -0.3 is 20.0 Å². The van der Waals surface area contributed by atoms with Gasteiger partial charge in [-0.3, -0.25) is 4.90 Å². The van der Waals surface area contributed by atoms with E-state index in [0.717, 1.165) is 57.7 Å². The number of nitrogens with zero attached hydrogens (tertiary/aromatic N) is 4. The number of alkyl halides is 3. The van der Waals surface area contributed by atoms with Crippen LogP contribution in [0.25, 0.3) is 0 Å². The molecule has 4 heterocycles. The molecule has 11 heteroatoms. The molecule has 0 bridgehead atoms. The number of likely N-dealkylation sites (tertiary alicyclic amines) is 1. The number of rotatable bonds is 6. The zero-order chi connectivity index (χ0) is 29.2. The van der Waals surface area contributed by atoms with Gasteiger partial charge in [0.1, 0.15) is 5.82 Å². The largest absolute Gasteiger partial charge is 0.418 e. The first-order valence-electron chi connectivity index (χ1n) is 15.3. The summed E-state index contributed by atoms with van der Waals surface area (Å²) < 4.78 is 43.3. The average molecular weight is 579 g/mol. The molecule has 41 heavy (non-hydrogen) atoms. The minimum atomic E-state index is -4.66. The van der Waals surface area contributed by atoms with E-state index >= 15 is 0 Å². The summed E-state index contributed by atoms with van der Waals surface area (Å²) in [6.07, 6.45) is 9.94. The van der Waals surface area contributed by atoms with E-state index in [4.69, 9.17) is 0 Å². The smallest absolute Gasteiger partial charge is 0.349 e. The molecule has 4 N–H and O–H groups in total. The Labute approximate surface area is 241 Å². The Kier molecular flexibility index (Phi) is 7.60. The predicted molar refractivity (Wildman–Crippen MR) is 150 cm³/mol. The van der Waals surface area contributed by atoms with E-state index in [-0.39, 0.29) is 34.8 Å². The van der Waals surface area contributed by atoms with Crippen LogP contribution in [0, 0.1) is 17.3 Å². The maximum absolute atomic E-state index is 14.4. The lowest BCUT2D eigenvalue weighted by molar-refractivity contribution is -0.241. The SMILES string of the molecule is C=C1N2C=C(C(O)(O)N3CCCC(C)C3)C=C(C(F)(F)F)C2=CN1C1CCCC(C2(CC3NNCN3C)CCC2)C1. The van der Waals surface area contributed by atoms with Crippen molar-refractivity contribution in [3.05, 3.63) is 47.7 Å². The van der Waals surface area contributed by atoms with Crippen LogP contribution >= 0.6 is 0 Å². The van der Waals surface area contributed by atoms with Gasteiger partial charge in [0.05, 0.1) is 24.1 Å². The number of piperidine rings is 1. The first-order chi connectivity index (χ1) is 19.4. The highest BCUT2D eigenvalue weighted by Crippen LogP contribution is 2.56. The molecule has 0 radical (unpaired) electrons. The van der Waals surface area contributed by atoms with Crippen LogP contribution in [-0.4, -0.2) is 80.9 Å². The average Bonchev–Trinajstić information content (AvgIpc) is 3.47. The summed E-state index contributed by atoms with van der Waals surface area (Å²) in [5, 5.41) is 22.4. The summed E-state index contributed by atoms with van der Waals surface area (Å²) in [6.45, 7) is 7.87. The van der Waals surface area contributed by atoms with Crippen molar-refractivity contribution in [1.82, 2.24) is 30.5 Å². The second kappa shape index (κ2) is 10.7. The van der Waals surface area contributed by atoms with Gasteiger partial charge in [-0.25, -0.2) is 15.8 Å². The number of halogens is 3. The van der Waals surface area contributed by atoms with E-state index in [1.165, 1.54) is 35.3 Å². The van der Waals surface area contributed by atoms with Crippen molar-refractivity contribution in [3.8, 4) is 0 Å². The first-order valence-corrected chi connectivity index (χ1v) is 15.3. The molecule has 6 aliphatic rings. The molecule has 228 valence electrons. The molecule has 0 spiro atoms. The number of hydrogen-bond donors (Lipinski definition) is 4. The molecule has 0 aromatic carbocycles. The third-order valence-electron chi connectivity index (χ3n) is 10.7. The van der Waals surface area contributed by atoms with Crippen molar-refractivity contribution in [2.45, 2.75) is 95.4 Å². The van der Waals surface area contributed by atoms with Crippen LogP contribution in [0.1, 0.15) is 71.1 Å². The summed E-state index contributed by atoms with van der Waals surface area (Å²) >= 11 is 0. The van der Waals surface area contributed by atoms with Crippen molar-refractivity contribution < 1.29 is 23.4 Å². The lowest BCUT2D eigenvalue weighted by Gasteiger charge is -2.53. The monoisotopic (exact) mass is 578 g/mol. The maximum atomic E-state index is 14.4. The number of aliphatic hydroxyl groups is 2. The molecule has 0 aromatic rings. The molecule has 4 aliphatic heterocycles. The highest BCUT2D eigenvalue weighted by Gasteiger charge is 2.51. The van der Waals surface area contributed by atoms with Gasteiger partial charge in [0, 0.05) is 37.1 Å². The van der Waals surface area contributed by atoms with Gasteiger partial charge in [0.15, 0.2) is 0 Å². The van der Waals surface area contributed by atoms with Crippen LogP contribution in [0.2, 0.25) is 0 Å². The topological polar surface area (TPSA) is 77.5 Å². The number of hydrogen-bond acceptors (Lipinski definition) is 8. The Bertz CT molecular complexity index is 1130. The fourth-order valence-corrected chi connectivity index (χ4v) is 8.15. The lowest BCUT2D eigenvalue weighted by atomic mass is 9.55. The van der Waals surface area contributed by atoms with Crippen molar-refractivity contribution in [2.75, 3.05) is 26.8 Å². The van der Waals surface area contributed by atoms with Gasteiger partial charge in [-0.15, -0.1) is 0 Å². The van der Waals surface area contributed by atoms with Crippen molar-refractivity contribution in [2.24, 2.45) is 17.3 Å². The van der Waals surface area contributed by atoms with E-state index in [1.54, 1.807) is 6.20 Å². The summed E-state index contributed by atoms with van der Waals surface area (Å²) in [4.78, 5) is 7.11. The molecule has 2 saturated heterocycles. The Morgan fingerprint density at radius 2 is 1.88 bits per heavy atom. The Balaban J connectivity index is 1.24. The van der Waals surface area contributed by atoms with Crippen molar-refractivity contribution in [3.63, 3.8) is 0 Å². The molecular formula is C30H45F3N6O2. The second-order valence-corrected chi connectivity index (χ2v) is 13.4. The highest BCUT2D eigenvalue weighted by atomic mass is 19.4. The fraction of sp³-hybridized carbons (Fsp3) is 0.733. The summed E-state index contributed by atoms with van der Waals surface area (Å²) in [6, 6.07) is 0.0477. The van der Waals surface area contributed by atoms with E-state index in [0.29, 0.717) is 24.8 Å². The molecule has 6 rings (SSSR count). The number of allylic oxidation sites excluding steroid dienone is 1.